The molecule has 2 aromatic rings. The van der Waals surface area contributed by atoms with E-state index in [2.05, 4.69) is 25.2 Å². The molecule has 6 nitrogen and oxygen atoms in total. The minimum Gasteiger partial charge on any atom is -0.356 e. The number of H-pyrrole nitrogens is 1. The lowest BCUT2D eigenvalue weighted by atomic mass is 9.94. The average molecular weight is 287 g/mol. The van der Waals surface area contributed by atoms with Gasteiger partial charge in [0.2, 0.25) is 5.91 Å². The number of nitrogens with zero attached hydrogens (tertiary/aromatic N) is 3. The van der Waals surface area contributed by atoms with Gasteiger partial charge in [-0.2, -0.15) is 0 Å². The van der Waals surface area contributed by atoms with Crippen molar-refractivity contribution in [3.05, 3.63) is 18.6 Å². The molecule has 1 amide bonds. The number of anilines is 1. The molecular weight excluding hydrogens is 266 g/mol. The van der Waals surface area contributed by atoms with E-state index < -0.39 is 0 Å². The van der Waals surface area contributed by atoms with Crippen molar-refractivity contribution in [1.29, 1.82) is 0 Å². The van der Waals surface area contributed by atoms with Gasteiger partial charge in [0.05, 0.1) is 5.39 Å². The van der Waals surface area contributed by atoms with Crippen LogP contribution in [0.1, 0.15) is 26.2 Å². The number of amides is 1. The van der Waals surface area contributed by atoms with Gasteiger partial charge in [0.25, 0.3) is 0 Å². The van der Waals surface area contributed by atoms with Crippen molar-refractivity contribution in [2.45, 2.75) is 26.2 Å². The van der Waals surface area contributed by atoms with E-state index in [1.165, 1.54) is 12.8 Å². The minimum absolute atomic E-state index is 0.0486. The molecule has 0 radical (unpaired) electrons. The maximum atomic E-state index is 10.9. The Morgan fingerprint density at radius 2 is 2.43 bits per heavy atom. The summed E-state index contributed by atoms with van der Waals surface area (Å²) in [6.07, 6.45) is 6.94. The summed E-state index contributed by atoms with van der Waals surface area (Å²) in [5.41, 5.74) is 0.889. The second-order valence-electron chi connectivity index (χ2n) is 5.66. The lowest BCUT2D eigenvalue weighted by Crippen LogP contribution is -2.37. The second kappa shape index (κ2) is 6.11. The van der Waals surface area contributed by atoms with E-state index in [1.807, 2.05) is 12.3 Å². The van der Waals surface area contributed by atoms with Crippen LogP contribution >= 0.6 is 0 Å². The Morgan fingerprint density at radius 3 is 3.29 bits per heavy atom. The molecule has 3 rings (SSSR count). The number of aromatic nitrogens is 3. The van der Waals surface area contributed by atoms with Crippen molar-refractivity contribution in [2.75, 3.05) is 24.5 Å². The van der Waals surface area contributed by atoms with Gasteiger partial charge in [-0.25, -0.2) is 9.97 Å². The summed E-state index contributed by atoms with van der Waals surface area (Å²) in [7, 11) is 0. The zero-order chi connectivity index (χ0) is 14.7. The summed E-state index contributed by atoms with van der Waals surface area (Å²) in [5, 5.41) is 3.97. The Kier molecular flexibility index (Phi) is 4.03. The molecule has 1 atom stereocenters. The molecule has 2 aromatic heterocycles. The Labute approximate surface area is 124 Å². The Bertz CT molecular complexity index is 623. The number of carbonyl (C=O) groups excluding carboxylic acids is 1. The molecule has 21 heavy (non-hydrogen) atoms. The van der Waals surface area contributed by atoms with E-state index in [-0.39, 0.29) is 5.91 Å². The van der Waals surface area contributed by atoms with Gasteiger partial charge in [0.1, 0.15) is 17.8 Å². The zero-order valence-electron chi connectivity index (χ0n) is 12.3. The summed E-state index contributed by atoms with van der Waals surface area (Å²) in [4.78, 5) is 25.1. The molecule has 0 spiro atoms. The Morgan fingerprint density at radius 1 is 1.52 bits per heavy atom. The number of hydrogen-bond acceptors (Lipinski definition) is 4. The largest absolute Gasteiger partial charge is 0.356 e. The van der Waals surface area contributed by atoms with E-state index in [0.717, 1.165) is 42.9 Å². The lowest BCUT2D eigenvalue weighted by Gasteiger charge is -2.33. The first kappa shape index (κ1) is 13.9. The highest BCUT2D eigenvalue weighted by Gasteiger charge is 2.22. The molecule has 1 fully saturated rings. The van der Waals surface area contributed by atoms with Gasteiger partial charge in [0, 0.05) is 32.8 Å². The topological polar surface area (TPSA) is 73.9 Å². The summed E-state index contributed by atoms with van der Waals surface area (Å²) < 4.78 is 0. The highest BCUT2D eigenvalue weighted by molar-refractivity contribution is 5.87. The highest BCUT2D eigenvalue weighted by Crippen LogP contribution is 2.27. The predicted octanol–water partition coefficient (Wildman–Crippen LogP) is 1.70. The normalized spacial score (nSPS) is 18.9. The molecule has 1 unspecified atom stereocenters. The van der Waals surface area contributed by atoms with Crippen molar-refractivity contribution in [2.24, 2.45) is 5.92 Å². The molecule has 2 N–H and O–H groups in total. The SMILES string of the molecule is CC(=O)NCCC1CCCN(c2ncnc3[nH]ccc23)C1. The first-order valence-corrected chi connectivity index (χ1v) is 7.51. The third-order valence-electron chi connectivity index (χ3n) is 4.08. The molecule has 1 saturated heterocycles. The molecule has 0 aliphatic carbocycles. The second-order valence-corrected chi connectivity index (χ2v) is 5.66. The van der Waals surface area contributed by atoms with Crippen LogP contribution in [-0.2, 0) is 4.79 Å². The van der Waals surface area contributed by atoms with Crippen molar-refractivity contribution in [3.63, 3.8) is 0 Å². The van der Waals surface area contributed by atoms with Crippen molar-refractivity contribution < 1.29 is 4.79 Å². The van der Waals surface area contributed by atoms with Crippen LogP contribution in [0.5, 0.6) is 0 Å². The van der Waals surface area contributed by atoms with Crippen LogP contribution < -0.4 is 10.2 Å². The van der Waals surface area contributed by atoms with Crippen LogP contribution in [-0.4, -0.2) is 40.5 Å². The van der Waals surface area contributed by atoms with Gasteiger partial charge in [-0.15, -0.1) is 0 Å². The van der Waals surface area contributed by atoms with Crippen LogP contribution in [0.3, 0.4) is 0 Å². The summed E-state index contributed by atoms with van der Waals surface area (Å²) >= 11 is 0. The number of carbonyl (C=O) groups is 1. The maximum absolute atomic E-state index is 10.9. The molecule has 0 aromatic carbocycles. The molecular formula is C15H21N5O. The van der Waals surface area contributed by atoms with E-state index in [4.69, 9.17) is 0 Å². The zero-order valence-corrected chi connectivity index (χ0v) is 12.3. The standard InChI is InChI=1S/C15H21N5O/c1-11(21)16-6-4-12-3-2-8-20(9-12)15-13-5-7-17-14(13)18-10-19-15/h5,7,10,12H,2-4,6,8-9H2,1H3,(H,16,21)(H,17,18,19). The molecule has 3 heterocycles. The van der Waals surface area contributed by atoms with Crippen LogP contribution in [0.15, 0.2) is 18.6 Å². The van der Waals surface area contributed by atoms with Gasteiger partial charge in [-0.05, 0) is 31.2 Å². The quantitative estimate of drug-likeness (QED) is 0.897. The molecule has 6 heteroatoms. The van der Waals surface area contributed by atoms with E-state index in [0.29, 0.717) is 5.92 Å². The van der Waals surface area contributed by atoms with Crippen LogP contribution in [0.2, 0.25) is 0 Å². The van der Waals surface area contributed by atoms with E-state index in [1.54, 1.807) is 13.3 Å². The number of rotatable bonds is 4. The fourth-order valence-corrected chi connectivity index (χ4v) is 3.06. The summed E-state index contributed by atoms with van der Waals surface area (Å²) in [6, 6.07) is 2.03. The van der Waals surface area contributed by atoms with E-state index in [9.17, 15) is 4.79 Å². The molecule has 0 bridgehead atoms. The summed E-state index contributed by atoms with van der Waals surface area (Å²) in [6.45, 7) is 4.36. The third kappa shape index (κ3) is 3.15. The van der Waals surface area contributed by atoms with Gasteiger partial charge >= 0.3 is 0 Å². The van der Waals surface area contributed by atoms with Crippen molar-refractivity contribution in [3.8, 4) is 0 Å². The Hall–Kier alpha value is -2.11. The highest BCUT2D eigenvalue weighted by atomic mass is 16.1. The van der Waals surface area contributed by atoms with Gasteiger partial charge < -0.3 is 15.2 Å². The van der Waals surface area contributed by atoms with Crippen LogP contribution in [0.25, 0.3) is 11.0 Å². The Balaban J connectivity index is 1.68. The number of fused-ring (bicyclic) bond motifs is 1. The smallest absolute Gasteiger partial charge is 0.216 e. The van der Waals surface area contributed by atoms with Crippen molar-refractivity contribution >= 4 is 22.8 Å². The predicted molar refractivity (Wildman–Crippen MR) is 82.1 cm³/mol. The number of aromatic amines is 1. The third-order valence-corrected chi connectivity index (χ3v) is 4.08. The van der Waals surface area contributed by atoms with Crippen molar-refractivity contribution in [1.82, 2.24) is 20.3 Å². The van der Waals surface area contributed by atoms with Gasteiger partial charge in [-0.3, -0.25) is 4.79 Å². The fourth-order valence-electron chi connectivity index (χ4n) is 3.06. The average Bonchev–Trinajstić information content (AvgIpc) is 2.95. The molecule has 1 aliphatic rings. The summed E-state index contributed by atoms with van der Waals surface area (Å²) in [5.74, 6) is 1.67. The molecule has 1 aliphatic heterocycles. The number of nitrogens with one attached hydrogen (secondary N) is 2. The monoisotopic (exact) mass is 287 g/mol. The lowest BCUT2D eigenvalue weighted by molar-refractivity contribution is -0.119. The van der Waals surface area contributed by atoms with Gasteiger partial charge in [-0.1, -0.05) is 0 Å². The van der Waals surface area contributed by atoms with Gasteiger partial charge in [0.15, 0.2) is 0 Å². The molecule has 0 saturated carbocycles. The minimum atomic E-state index is 0.0486. The van der Waals surface area contributed by atoms with Crippen LogP contribution in [0, 0.1) is 5.92 Å². The number of hydrogen-bond donors (Lipinski definition) is 2. The van der Waals surface area contributed by atoms with E-state index >= 15 is 0 Å². The molecule has 112 valence electrons. The first-order valence-electron chi connectivity index (χ1n) is 7.51. The first-order chi connectivity index (χ1) is 10.2. The number of piperidine rings is 1. The fraction of sp³-hybridized carbons (Fsp3) is 0.533. The van der Waals surface area contributed by atoms with Crippen LogP contribution in [0.4, 0.5) is 5.82 Å². The maximum Gasteiger partial charge on any atom is 0.216 e.